The highest BCUT2D eigenvalue weighted by molar-refractivity contribution is 6.11. The van der Waals surface area contributed by atoms with Crippen LogP contribution in [0.5, 0.6) is 5.75 Å². The molecule has 0 amide bonds. The third-order valence-corrected chi connectivity index (χ3v) is 10.1. The van der Waals surface area contributed by atoms with Gasteiger partial charge in [0.05, 0.1) is 33.3 Å². The number of aromatic hydroxyl groups is 1. The zero-order chi connectivity index (χ0) is 35.3. The van der Waals surface area contributed by atoms with Crippen LogP contribution in [-0.4, -0.2) is 24.2 Å². The van der Waals surface area contributed by atoms with E-state index < -0.39 is 0 Å². The topological polar surface area (TPSA) is 55.9 Å². The molecule has 10 rings (SSSR count). The van der Waals surface area contributed by atoms with Gasteiger partial charge in [-0.25, -0.2) is 4.98 Å². The van der Waals surface area contributed by atoms with Gasteiger partial charge in [0.1, 0.15) is 11.6 Å². The summed E-state index contributed by atoms with van der Waals surface area (Å²) in [6, 6.07) is 62.4. The van der Waals surface area contributed by atoms with Gasteiger partial charge in [0.2, 0.25) is 0 Å². The number of hydrogen-bond donors (Lipinski definition) is 1. The predicted octanol–water partition coefficient (Wildman–Crippen LogP) is 11.9. The Morgan fingerprint density at radius 3 is 1.81 bits per heavy atom. The summed E-state index contributed by atoms with van der Waals surface area (Å²) in [5.74, 6) is 0.828. The zero-order valence-corrected chi connectivity index (χ0v) is 28.6. The van der Waals surface area contributed by atoms with E-state index in [0.29, 0.717) is 11.4 Å². The number of rotatable bonds is 6. The first-order valence-corrected chi connectivity index (χ1v) is 17.7. The number of para-hydroxylation sites is 4. The second kappa shape index (κ2) is 12.5. The first-order valence-electron chi connectivity index (χ1n) is 17.7. The third kappa shape index (κ3) is 5.17. The van der Waals surface area contributed by atoms with Gasteiger partial charge < -0.3 is 9.67 Å². The molecule has 0 aliphatic rings. The Labute approximate surface area is 306 Å². The lowest BCUT2D eigenvalue weighted by Crippen LogP contribution is -1.98. The minimum Gasteiger partial charge on any atom is -0.507 e. The zero-order valence-electron chi connectivity index (χ0n) is 28.6. The second-order valence-electron chi connectivity index (χ2n) is 13.2. The standard InChI is InChI=1S/C48H32N4O/c53-46-31-45-40(39-21-10-11-24-43(39)51(45)36-17-6-2-7-18-36)30-41(46)48-50-47-38(22-14-25-44(47)52(48)37-19-8-3-9-20-37)34-27-33(32-15-4-1-5-16-32)28-35(29-34)42-23-12-13-26-49-42/h1-31,53H. The average Bonchev–Trinajstić information content (AvgIpc) is 3.77. The fourth-order valence-electron chi connectivity index (χ4n) is 7.65. The first kappa shape index (κ1) is 30.6. The van der Waals surface area contributed by atoms with E-state index in [-0.39, 0.29) is 5.75 Å². The molecular weight excluding hydrogens is 649 g/mol. The summed E-state index contributed by atoms with van der Waals surface area (Å²) < 4.78 is 4.38. The Hall–Kier alpha value is -7.24. The van der Waals surface area contributed by atoms with E-state index >= 15 is 0 Å². The molecule has 10 aromatic rings. The summed E-state index contributed by atoms with van der Waals surface area (Å²) in [7, 11) is 0. The van der Waals surface area contributed by atoms with E-state index in [2.05, 4.69) is 124 Å². The van der Waals surface area contributed by atoms with Crippen LogP contribution in [0.25, 0.3) is 89.1 Å². The van der Waals surface area contributed by atoms with Crippen molar-refractivity contribution in [3.63, 3.8) is 0 Å². The minimum atomic E-state index is 0.162. The van der Waals surface area contributed by atoms with Crippen molar-refractivity contribution in [3.05, 3.63) is 188 Å². The van der Waals surface area contributed by atoms with Crippen LogP contribution in [0.1, 0.15) is 0 Å². The molecule has 53 heavy (non-hydrogen) atoms. The van der Waals surface area contributed by atoms with Crippen molar-refractivity contribution in [1.29, 1.82) is 0 Å². The van der Waals surface area contributed by atoms with Gasteiger partial charge in [-0.2, -0.15) is 0 Å². The van der Waals surface area contributed by atoms with Crippen LogP contribution in [0.3, 0.4) is 0 Å². The molecule has 0 saturated heterocycles. The van der Waals surface area contributed by atoms with Crippen molar-refractivity contribution in [2.24, 2.45) is 0 Å². The molecule has 0 atom stereocenters. The van der Waals surface area contributed by atoms with Crippen molar-refractivity contribution in [2.75, 3.05) is 0 Å². The summed E-state index contributed by atoms with van der Waals surface area (Å²) in [6.07, 6.45) is 1.83. The van der Waals surface area contributed by atoms with E-state index in [1.54, 1.807) is 0 Å². The molecular formula is C48H32N4O. The van der Waals surface area contributed by atoms with Crippen LogP contribution in [-0.2, 0) is 0 Å². The molecule has 0 spiro atoms. The molecule has 0 bridgehead atoms. The minimum absolute atomic E-state index is 0.162. The first-order chi connectivity index (χ1) is 26.2. The van der Waals surface area contributed by atoms with E-state index in [0.717, 1.165) is 77.7 Å². The number of imidazole rings is 1. The van der Waals surface area contributed by atoms with Gasteiger partial charge in [-0.1, -0.05) is 103 Å². The average molecular weight is 681 g/mol. The number of fused-ring (bicyclic) bond motifs is 4. The lowest BCUT2D eigenvalue weighted by molar-refractivity contribution is 0.477. The molecule has 0 unspecified atom stereocenters. The Morgan fingerprint density at radius 1 is 0.415 bits per heavy atom. The van der Waals surface area contributed by atoms with Crippen molar-refractivity contribution < 1.29 is 5.11 Å². The SMILES string of the molecule is Oc1cc2c(cc1-c1nc3c(-c4cc(-c5ccccc5)cc(-c5ccccn5)c4)cccc3n1-c1ccccc1)c1ccccc1n2-c1ccccc1. The lowest BCUT2D eigenvalue weighted by Gasteiger charge is -2.12. The van der Waals surface area contributed by atoms with Crippen molar-refractivity contribution in [3.8, 4) is 62.0 Å². The highest BCUT2D eigenvalue weighted by Gasteiger charge is 2.23. The Bertz CT molecular complexity index is 2870. The smallest absolute Gasteiger partial charge is 0.149 e. The maximum atomic E-state index is 12.0. The Balaban J connectivity index is 1.24. The number of aromatic nitrogens is 4. The van der Waals surface area contributed by atoms with Gasteiger partial charge in [-0.05, 0) is 89.5 Å². The highest BCUT2D eigenvalue weighted by Crippen LogP contribution is 2.43. The van der Waals surface area contributed by atoms with Crippen LogP contribution >= 0.6 is 0 Å². The number of pyridine rings is 1. The summed E-state index contributed by atoms with van der Waals surface area (Å²) in [4.78, 5) is 10.1. The molecule has 0 fully saturated rings. The largest absolute Gasteiger partial charge is 0.507 e. The molecule has 3 heterocycles. The summed E-state index contributed by atoms with van der Waals surface area (Å²) in [5, 5.41) is 14.1. The molecule has 0 saturated carbocycles. The van der Waals surface area contributed by atoms with Crippen LogP contribution in [0.2, 0.25) is 0 Å². The summed E-state index contributed by atoms with van der Waals surface area (Å²) in [5.41, 5.74) is 12.6. The van der Waals surface area contributed by atoms with E-state index in [1.807, 2.05) is 72.9 Å². The Morgan fingerprint density at radius 2 is 1.06 bits per heavy atom. The molecule has 250 valence electrons. The second-order valence-corrected chi connectivity index (χ2v) is 13.2. The number of benzene rings is 7. The lowest BCUT2D eigenvalue weighted by atomic mass is 9.94. The molecule has 5 nitrogen and oxygen atoms in total. The van der Waals surface area contributed by atoms with Gasteiger partial charge in [0.25, 0.3) is 0 Å². The van der Waals surface area contributed by atoms with Gasteiger partial charge in [-0.3, -0.25) is 9.55 Å². The van der Waals surface area contributed by atoms with E-state index in [4.69, 9.17) is 9.97 Å². The fraction of sp³-hybridized carbons (Fsp3) is 0. The fourth-order valence-corrected chi connectivity index (χ4v) is 7.65. The molecule has 0 radical (unpaired) electrons. The number of nitrogens with zero attached hydrogens (tertiary/aromatic N) is 4. The van der Waals surface area contributed by atoms with E-state index in [9.17, 15) is 5.11 Å². The predicted molar refractivity (Wildman–Crippen MR) is 217 cm³/mol. The maximum Gasteiger partial charge on any atom is 0.149 e. The molecule has 1 N–H and O–H groups in total. The Kier molecular flexibility index (Phi) is 7.22. The third-order valence-electron chi connectivity index (χ3n) is 10.1. The summed E-state index contributed by atoms with van der Waals surface area (Å²) in [6.45, 7) is 0. The van der Waals surface area contributed by atoms with Crippen molar-refractivity contribution >= 4 is 32.8 Å². The van der Waals surface area contributed by atoms with Crippen LogP contribution in [0.4, 0.5) is 0 Å². The van der Waals surface area contributed by atoms with Gasteiger partial charge in [0, 0.05) is 45.5 Å². The van der Waals surface area contributed by atoms with Crippen molar-refractivity contribution in [2.45, 2.75) is 0 Å². The van der Waals surface area contributed by atoms with Gasteiger partial charge in [0.15, 0.2) is 0 Å². The van der Waals surface area contributed by atoms with Crippen LogP contribution in [0.15, 0.2) is 188 Å². The normalized spacial score (nSPS) is 11.5. The van der Waals surface area contributed by atoms with Crippen LogP contribution < -0.4 is 0 Å². The summed E-state index contributed by atoms with van der Waals surface area (Å²) >= 11 is 0. The maximum absolute atomic E-state index is 12.0. The molecule has 5 heteroatoms. The molecule has 7 aromatic carbocycles. The molecule has 0 aliphatic carbocycles. The highest BCUT2D eigenvalue weighted by atomic mass is 16.3. The van der Waals surface area contributed by atoms with Crippen LogP contribution in [0, 0.1) is 0 Å². The molecule has 3 aromatic heterocycles. The molecule has 0 aliphatic heterocycles. The quantitative estimate of drug-likeness (QED) is 0.190. The number of hydrogen-bond acceptors (Lipinski definition) is 3. The van der Waals surface area contributed by atoms with Gasteiger partial charge in [-0.15, -0.1) is 0 Å². The monoisotopic (exact) mass is 680 g/mol. The number of phenols is 1. The number of phenolic OH excluding ortho intramolecular Hbond substituents is 1. The van der Waals surface area contributed by atoms with Gasteiger partial charge >= 0.3 is 0 Å². The van der Waals surface area contributed by atoms with Crippen molar-refractivity contribution in [1.82, 2.24) is 19.1 Å². The van der Waals surface area contributed by atoms with E-state index in [1.165, 1.54) is 0 Å².